The van der Waals surface area contributed by atoms with Crippen LogP contribution in [-0.2, 0) is 4.74 Å². The van der Waals surface area contributed by atoms with E-state index in [-0.39, 0.29) is 12.3 Å². The fourth-order valence-corrected chi connectivity index (χ4v) is 3.26. The number of esters is 1. The number of rotatable bonds is 3. The van der Waals surface area contributed by atoms with Crippen LogP contribution in [-0.4, -0.2) is 32.4 Å². The Kier molecular flexibility index (Phi) is 3.88. The maximum Gasteiger partial charge on any atom is 0.360 e. The lowest BCUT2D eigenvalue weighted by molar-refractivity contribution is 0.0516. The summed E-state index contributed by atoms with van der Waals surface area (Å²) in [6.45, 7) is 5.79. The summed E-state index contributed by atoms with van der Waals surface area (Å²) in [6, 6.07) is 14.4. The molecule has 2 heterocycles. The quantitative estimate of drug-likeness (QED) is 0.529. The minimum Gasteiger partial charge on any atom is -0.461 e. The van der Waals surface area contributed by atoms with Crippen LogP contribution in [0.1, 0.15) is 28.8 Å². The molecule has 0 atom stereocenters. The van der Waals surface area contributed by atoms with Gasteiger partial charge in [-0.3, -0.25) is 0 Å². The molecule has 130 valence electrons. The second-order valence-electron chi connectivity index (χ2n) is 6.08. The molecule has 0 bridgehead atoms. The highest BCUT2D eigenvalue weighted by Gasteiger charge is 2.21. The lowest BCUT2D eigenvalue weighted by atomic mass is 9.98. The number of benzene rings is 2. The largest absolute Gasteiger partial charge is 0.461 e. The number of carbonyl (C=O) groups excluding carboxylic acids is 1. The van der Waals surface area contributed by atoms with Crippen molar-refractivity contribution in [3.8, 4) is 11.1 Å². The predicted octanol–water partition coefficient (Wildman–Crippen LogP) is 3.74. The van der Waals surface area contributed by atoms with Crippen LogP contribution in [0.25, 0.3) is 27.5 Å². The van der Waals surface area contributed by atoms with Gasteiger partial charge in [-0.05, 0) is 37.1 Å². The van der Waals surface area contributed by atoms with Crippen molar-refractivity contribution in [2.24, 2.45) is 0 Å². The minimum atomic E-state index is -0.487. The average Bonchev–Trinajstić information content (AvgIpc) is 2.98. The van der Waals surface area contributed by atoms with E-state index < -0.39 is 5.97 Å². The van der Waals surface area contributed by atoms with Crippen molar-refractivity contribution in [1.29, 1.82) is 0 Å². The number of hydrogen-bond acceptors (Lipinski definition) is 5. The number of ether oxygens (including phenoxy) is 1. The zero-order valence-corrected chi connectivity index (χ0v) is 14.9. The number of fused-ring (bicyclic) bond motifs is 2. The lowest BCUT2D eigenvalue weighted by Gasteiger charge is -2.07. The molecule has 4 rings (SSSR count). The van der Waals surface area contributed by atoms with Gasteiger partial charge in [-0.2, -0.15) is 5.10 Å². The van der Waals surface area contributed by atoms with E-state index in [4.69, 9.17) is 4.74 Å². The van der Waals surface area contributed by atoms with Gasteiger partial charge in [0.05, 0.1) is 23.6 Å². The Labute approximate surface area is 150 Å². The molecule has 4 aromatic rings. The molecule has 0 saturated carbocycles. The van der Waals surface area contributed by atoms with Crippen molar-refractivity contribution in [1.82, 2.24) is 19.8 Å². The maximum atomic E-state index is 12.1. The van der Waals surface area contributed by atoms with Crippen LogP contribution in [0.2, 0.25) is 0 Å². The maximum absolute atomic E-state index is 12.1. The lowest BCUT2D eigenvalue weighted by Crippen LogP contribution is -2.14. The number of hydrogen-bond donors (Lipinski definition) is 0. The van der Waals surface area contributed by atoms with Gasteiger partial charge in [0.15, 0.2) is 11.3 Å². The van der Waals surface area contributed by atoms with Gasteiger partial charge in [-0.15, -0.1) is 10.2 Å². The molecule has 6 heteroatoms. The van der Waals surface area contributed by atoms with Gasteiger partial charge < -0.3 is 4.74 Å². The summed E-state index contributed by atoms with van der Waals surface area (Å²) in [4.78, 5) is 12.1. The van der Waals surface area contributed by atoms with Gasteiger partial charge in [0.1, 0.15) is 0 Å². The van der Waals surface area contributed by atoms with Crippen LogP contribution < -0.4 is 0 Å². The highest BCUT2D eigenvalue weighted by Crippen LogP contribution is 2.33. The highest BCUT2D eigenvalue weighted by atomic mass is 16.5. The first-order chi connectivity index (χ1) is 12.6. The SMILES string of the molecule is CCOC(=O)c1nnc2c(-c3cccc4ccccc34)c(C)nn2c1C. The molecule has 0 saturated heterocycles. The monoisotopic (exact) mass is 346 g/mol. The van der Waals surface area contributed by atoms with E-state index in [0.717, 1.165) is 27.6 Å². The van der Waals surface area contributed by atoms with E-state index in [1.165, 1.54) is 0 Å². The van der Waals surface area contributed by atoms with Crippen LogP contribution in [0.15, 0.2) is 42.5 Å². The van der Waals surface area contributed by atoms with Crippen LogP contribution in [0.4, 0.5) is 0 Å². The fourth-order valence-electron chi connectivity index (χ4n) is 3.26. The van der Waals surface area contributed by atoms with Gasteiger partial charge in [-0.1, -0.05) is 42.5 Å². The summed E-state index contributed by atoms with van der Waals surface area (Å²) in [5.41, 5.74) is 4.24. The molecule has 0 spiro atoms. The smallest absolute Gasteiger partial charge is 0.360 e. The summed E-state index contributed by atoms with van der Waals surface area (Å²) < 4.78 is 6.73. The van der Waals surface area contributed by atoms with Crippen LogP contribution in [0.3, 0.4) is 0 Å². The summed E-state index contributed by atoms with van der Waals surface area (Å²) in [6.07, 6.45) is 0. The molecule has 0 aliphatic rings. The van der Waals surface area contributed by atoms with E-state index in [9.17, 15) is 4.79 Å². The first-order valence-corrected chi connectivity index (χ1v) is 8.49. The third kappa shape index (κ3) is 2.42. The molecule has 0 fully saturated rings. The van der Waals surface area contributed by atoms with Gasteiger partial charge in [0.25, 0.3) is 0 Å². The Morgan fingerprint density at radius 1 is 1.08 bits per heavy atom. The topological polar surface area (TPSA) is 69.4 Å². The molecule has 0 unspecified atom stereocenters. The fraction of sp³-hybridized carbons (Fsp3) is 0.200. The van der Waals surface area contributed by atoms with Crippen molar-refractivity contribution >= 4 is 22.4 Å². The molecule has 26 heavy (non-hydrogen) atoms. The van der Waals surface area contributed by atoms with E-state index in [0.29, 0.717) is 11.3 Å². The average molecular weight is 346 g/mol. The standard InChI is InChI=1S/C20H18N4O2/c1-4-26-20(25)18-13(3)24-19(22-21-18)17(12(2)23-24)16-11-7-9-14-8-5-6-10-15(14)16/h5-11H,4H2,1-3H3. The van der Waals surface area contributed by atoms with Crippen molar-refractivity contribution < 1.29 is 9.53 Å². The summed E-state index contributed by atoms with van der Waals surface area (Å²) in [7, 11) is 0. The highest BCUT2D eigenvalue weighted by molar-refractivity contribution is 6.00. The molecule has 2 aromatic carbocycles. The van der Waals surface area contributed by atoms with Crippen LogP contribution in [0, 0.1) is 13.8 Å². The van der Waals surface area contributed by atoms with Crippen LogP contribution >= 0.6 is 0 Å². The van der Waals surface area contributed by atoms with Crippen LogP contribution in [0.5, 0.6) is 0 Å². The Morgan fingerprint density at radius 2 is 1.85 bits per heavy atom. The number of aryl methyl sites for hydroxylation is 2. The van der Waals surface area contributed by atoms with E-state index >= 15 is 0 Å². The molecule has 0 radical (unpaired) electrons. The number of aromatic nitrogens is 4. The third-order valence-corrected chi connectivity index (χ3v) is 4.47. The number of nitrogens with zero attached hydrogens (tertiary/aromatic N) is 4. The summed E-state index contributed by atoms with van der Waals surface area (Å²) in [5.74, 6) is -0.487. The van der Waals surface area contributed by atoms with E-state index in [1.54, 1.807) is 18.4 Å². The van der Waals surface area contributed by atoms with Gasteiger partial charge in [-0.25, -0.2) is 9.31 Å². The molecule has 0 aliphatic carbocycles. The van der Waals surface area contributed by atoms with Crippen molar-refractivity contribution in [3.05, 3.63) is 59.5 Å². The Morgan fingerprint density at radius 3 is 2.65 bits per heavy atom. The van der Waals surface area contributed by atoms with Gasteiger partial charge in [0.2, 0.25) is 0 Å². The predicted molar refractivity (Wildman–Crippen MR) is 99.2 cm³/mol. The Balaban J connectivity index is 1.98. The second kappa shape index (κ2) is 6.22. The molecular weight excluding hydrogens is 328 g/mol. The van der Waals surface area contributed by atoms with Crippen molar-refractivity contribution in [2.45, 2.75) is 20.8 Å². The first-order valence-electron chi connectivity index (χ1n) is 8.49. The first kappa shape index (κ1) is 16.2. The minimum absolute atomic E-state index is 0.186. The molecule has 0 N–H and O–H groups in total. The second-order valence-corrected chi connectivity index (χ2v) is 6.08. The molecule has 0 amide bonds. The normalized spacial score (nSPS) is 11.2. The van der Waals surface area contributed by atoms with Gasteiger partial charge in [0, 0.05) is 0 Å². The zero-order valence-electron chi connectivity index (χ0n) is 14.9. The summed E-state index contributed by atoms with van der Waals surface area (Å²) in [5, 5.41) is 15.3. The Bertz CT molecular complexity index is 1140. The third-order valence-electron chi connectivity index (χ3n) is 4.47. The Hall–Kier alpha value is -3.28. The molecule has 2 aromatic heterocycles. The summed E-state index contributed by atoms with van der Waals surface area (Å²) >= 11 is 0. The van der Waals surface area contributed by atoms with Gasteiger partial charge >= 0.3 is 5.97 Å². The molecular formula is C20H18N4O2. The number of carbonyl (C=O) groups is 1. The van der Waals surface area contributed by atoms with Crippen molar-refractivity contribution in [3.63, 3.8) is 0 Å². The zero-order chi connectivity index (χ0) is 18.3. The van der Waals surface area contributed by atoms with Crippen molar-refractivity contribution in [2.75, 3.05) is 6.61 Å². The molecule has 6 nitrogen and oxygen atoms in total. The van der Waals surface area contributed by atoms with E-state index in [1.807, 2.05) is 25.1 Å². The van der Waals surface area contributed by atoms with E-state index in [2.05, 4.69) is 39.6 Å². The molecule has 0 aliphatic heterocycles.